The van der Waals surface area contributed by atoms with E-state index in [1.165, 1.54) is 6.21 Å². The second kappa shape index (κ2) is 8.93. The van der Waals surface area contributed by atoms with Gasteiger partial charge in [0.25, 0.3) is 5.91 Å². The maximum Gasteiger partial charge on any atom is 0.320 e. The van der Waals surface area contributed by atoms with Gasteiger partial charge in [-0.1, -0.05) is 63.4 Å². The number of amides is 1. The van der Waals surface area contributed by atoms with Gasteiger partial charge in [0.1, 0.15) is 0 Å². The van der Waals surface area contributed by atoms with Crippen LogP contribution in [0.15, 0.2) is 69.8 Å². The van der Waals surface area contributed by atoms with Gasteiger partial charge in [-0.15, -0.1) is 0 Å². The standard InChI is InChI=1S/C22H20BrClN2O3/c1-14-10-11-22(21(28)29,19(12-14)16-4-6-17(23)7-5-16)20(27)26-25-13-15-2-8-18(24)9-3-15/h2-10,13,19H,11-12H2,1H3,(H,26,27)(H,28,29)/b25-13+. The van der Waals surface area contributed by atoms with Crippen molar-refractivity contribution in [2.24, 2.45) is 10.5 Å². The number of carboxylic acids is 1. The van der Waals surface area contributed by atoms with Gasteiger partial charge < -0.3 is 5.11 Å². The van der Waals surface area contributed by atoms with Crippen LogP contribution < -0.4 is 5.43 Å². The number of hydrazone groups is 1. The zero-order valence-corrected chi connectivity index (χ0v) is 18.1. The van der Waals surface area contributed by atoms with Gasteiger partial charge >= 0.3 is 5.97 Å². The predicted octanol–water partition coefficient (Wildman–Crippen LogP) is 5.15. The molecule has 1 amide bonds. The van der Waals surface area contributed by atoms with Crippen LogP contribution in [0.2, 0.25) is 5.02 Å². The maximum atomic E-state index is 13.1. The highest BCUT2D eigenvalue weighted by Crippen LogP contribution is 2.47. The first kappa shape index (κ1) is 21.3. The Morgan fingerprint density at radius 1 is 1.21 bits per heavy atom. The Bertz CT molecular complexity index is 971. The third-order valence-corrected chi connectivity index (χ3v) is 5.98. The molecule has 0 aromatic heterocycles. The van der Waals surface area contributed by atoms with E-state index in [2.05, 4.69) is 26.5 Å². The number of carboxylic acid groups (broad SMARTS) is 1. The molecule has 0 saturated heterocycles. The summed E-state index contributed by atoms with van der Waals surface area (Å²) in [4.78, 5) is 25.5. The van der Waals surface area contributed by atoms with E-state index in [9.17, 15) is 14.7 Å². The number of hydrogen-bond donors (Lipinski definition) is 2. The van der Waals surface area contributed by atoms with Crippen LogP contribution in [0.3, 0.4) is 0 Å². The molecule has 1 aliphatic carbocycles. The molecule has 5 nitrogen and oxygen atoms in total. The molecule has 0 heterocycles. The molecular formula is C22H20BrClN2O3. The summed E-state index contributed by atoms with van der Waals surface area (Å²) in [7, 11) is 0. The zero-order chi connectivity index (χ0) is 21.0. The van der Waals surface area contributed by atoms with Crippen molar-refractivity contribution in [3.63, 3.8) is 0 Å². The SMILES string of the molecule is CC1=CCC(C(=O)O)(C(=O)N/N=C/c2ccc(Cl)cc2)C(c2ccc(Br)cc2)C1. The van der Waals surface area contributed by atoms with Crippen LogP contribution in [0.25, 0.3) is 0 Å². The quantitative estimate of drug-likeness (QED) is 0.272. The molecule has 0 fully saturated rings. The molecule has 1 aliphatic rings. The largest absolute Gasteiger partial charge is 0.480 e. The fraction of sp³-hybridized carbons (Fsp3) is 0.227. The molecule has 2 N–H and O–H groups in total. The number of allylic oxidation sites excluding steroid dienone is 2. The first-order valence-electron chi connectivity index (χ1n) is 9.06. The first-order chi connectivity index (χ1) is 13.8. The van der Waals surface area contributed by atoms with Crippen LogP contribution in [0.4, 0.5) is 0 Å². The summed E-state index contributed by atoms with van der Waals surface area (Å²) < 4.78 is 0.891. The summed E-state index contributed by atoms with van der Waals surface area (Å²) in [5.74, 6) is -2.29. The number of aliphatic carboxylic acids is 1. The van der Waals surface area contributed by atoms with Crippen molar-refractivity contribution >= 4 is 45.6 Å². The molecule has 0 spiro atoms. The van der Waals surface area contributed by atoms with Gasteiger partial charge in [-0.2, -0.15) is 5.10 Å². The molecule has 0 saturated carbocycles. The highest BCUT2D eigenvalue weighted by atomic mass is 79.9. The first-order valence-corrected chi connectivity index (χ1v) is 10.2. The Hall–Kier alpha value is -2.44. The predicted molar refractivity (Wildman–Crippen MR) is 117 cm³/mol. The number of halogens is 2. The minimum atomic E-state index is -1.63. The summed E-state index contributed by atoms with van der Waals surface area (Å²) in [5.41, 5.74) is 3.41. The fourth-order valence-corrected chi connectivity index (χ4v) is 3.94. The van der Waals surface area contributed by atoms with E-state index in [0.717, 1.165) is 21.2 Å². The summed E-state index contributed by atoms with van der Waals surface area (Å²) in [6, 6.07) is 14.3. The van der Waals surface area contributed by atoms with Crippen LogP contribution in [0.1, 0.15) is 36.8 Å². The number of carbonyl (C=O) groups is 2. The van der Waals surface area contributed by atoms with Crippen LogP contribution in [0, 0.1) is 5.41 Å². The lowest BCUT2D eigenvalue weighted by atomic mass is 9.64. The van der Waals surface area contributed by atoms with E-state index in [4.69, 9.17) is 11.6 Å². The number of rotatable bonds is 5. The van der Waals surface area contributed by atoms with E-state index in [1.807, 2.05) is 37.3 Å². The van der Waals surface area contributed by atoms with Gasteiger partial charge in [0.05, 0.1) is 6.21 Å². The Kier molecular flexibility index (Phi) is 6.55. The number of carbonyl (C=O) groups excluding carboxylic acids is 1. The Labute approximate surface area is 182 Å². The molecule has 150 valence electrons. The highest BCUT2D eigenvalue weighted by Gasteiger charge is 2.53. The summed E-state index contributed by atoms with van der Waals surface area (Å²) in [6.45, 7) is 1.95. The molecule has 0 bridgehead atoms. The lowest BCUT2D eigenvalue weighted by molar-refractivity contribution is -0.158. The molecule has 3 rings (SSSR count). The molecule has 2 aromatic carbocycles. The normalized spacial score (nSPS) is 21.6. The van der Waals surface area contributed by atoms with E-state index < -0.39 is 23.2 Å². The molecule has 29 heavy (non-hydrogen) atoms. The maximum absolute atomic E-state index is 13.1. The van der Waals surface area contributed by atoms with E-state index in [0.29, 0.717) is 11.4 Å². The smallest absolute Gasteiger partial charge is 0.320 e. The van der Waals surface area contributed by atoms with Crippen molar-refractivity contribution in [3.8, 4) is 0 Å². The number of benzene rings is 2. The monoisotopic (exact) mass is 474 g/mol. The number of hydrogen-bond acceptors (Lipinski definition) is 3. The van der Waals surface area contributed by atoms with E-state index >= 15 is 0 Å². The molecule has 0 aliphatic heterocycles. The Morgan fingerprint density at radius 2 is 1.86 bits per heavy atom. The second-order valence-electron chi connectivity index (χ2n) is 7.09. The van der Waals surface area contributed by atoms with Crippen molar-refractivity contribution < 1.29 is 14.7 Å². The Balaban J connectivity index is 1.91. The van der Waals surface area contributed by atoms with Gasteiger partial charge in [-0.3, -0.25) is 9.59 Å². The third-order valence-electron chi connectivity index (χ3n) is 5.20. The average molecular weight is 476 g/mol. The van der Waals surface area contributed by atoms with Crippen LogP contribution >= 0.6 is 27.5 Å². The lowest BCUT2D eigenvalue weighted by Crippen LogP contribution is -2.50. The van der Waals surface area contributed by atoms with Crippen molar-refractivity contribution in [2.45, 2.75) is 25.7 Å². The Morgan fingerprint density at radius 3 is 2.48 bits per heavy atom. The highest BCUT2D eigenvalue weighted by molar-refractivity contribution is 9.10. The second-order valence-corrected chi connectivity index (χ2v) is 8.44. The number of nitrogens with zero attached hydrogens (tertiary/aromatic N) is 1. The van der Waals surface area contributed by atoms with Crippen LogP contribution in [-0.2, 0) is 9.59 Å². The van der Waals surface area contributed by atoms with E-state index in [1.54, 1.807) is 24.3 Å². The van der Waals surface area contributed by atoms with Gasteiger partial charge in [-0.05, 0) is 55.2 Å². The third kappa shape index (κ3) is 4.60. The fourth-order valence-electron chi connectivity index (χ4n) is 3.55. The lowest BCUT2D eigenvalue weighted by Gasteiger charge is -2.38. The minimum Gasteiger partial charge on any atom is -0.480 e. The molecular weight excluding hydrogens is 456 g/mol. The summed E-state index contributed by atoms with van der Waals surface area (Å²) in [5, 5.41) is 14.7. The molecule has 2 unspecified atom stereocenters. The summed E-state index contributed by atoms with van der Waals surface area (Å²) >= 11 is 9.25. The molecule has 7 heteroatoms. The number of nitrogens with one attached hydrogen (secondary N) is 1. The minimum absolute atomic E-state index is 0.108. The van der Waals surface area contributed by atoms with Crippen molar-refractivity contribution in [3.05, 3.63) is 80.8 Å². The van der Waals surface area contributed by atoms with Gasteiger partial charge in [0.2, 0.25) is 0 Å². The van der Waals surface area contributed by atoms with Crippen molar-refractivity contribution in [2.75, 3.05) is 0 Å². The van der Waals surface area contributed by atoms with Gasteiger partial charge in [-0.25, -0.2) is 5.43 Å². The van der Waals surface area contributed by atoms with Gasteiger partial charge in [0.15, 0.2) is 5.41 Å². The molecule has 2 atom stereocenters. The van der Waals surface area contributed by atoms with Crippen LogP contribution in [0.5, 0.6) is 0 Å². The zero-order valence-electron chi connectivity index (χ0n) is 15.7. The molecule has 2 aromatic rings. The van der Waals surface area contributed by atoms with E-state index in [-0.39, 0.29) is 6.42 Å². The summed E-state index contributed by atoms with van der Waals surface area (Å²) in [6.07, 6.45) is 3.88. The van der Waals surface area contributed by atoms with Crippen molar-refractivity contribution in [1.29, 1.82) is 0 Å². The van der Waals surface area contributed by atoms with Crippen LogP contribution in [-0.4, -0.2) is 23.2 Å². The van der Waals surface area contributed by atoms with Crippen molar-refractivity contribution in [1.82, 2.24) is 5.43 Å². The van der Waals surface area contributed by atoms with Gasteiger partial charge in [0, 0.05) is 15.4 Å². The average Bonchev–Trinajstić information content (AvgIpc) is 2.70. The molecule has 0 radical (unpaired) electrons. The topological polar surface area (TPSA) is 78.8 Å².